The first-order chi connectivity index (χ1) is 14.5. The van der Waals surface area contributed by atoms with E-state index in [-0.39, 0.29) is 12.3 Å². The maximum absolute atomic E-state index is 12.4. The summed E-state index contributed by atoms with van der Waals surface area (Å²) in [5, 5.41) is 3.10. The molecule has 0 amide bonds. The number of imidazole rings is 1. The third-order valence-corrected chi connectivity index (χ3v) is 4.69. The monoisotopic (exact) mass is 404 g/mol. The molecule has 152 valence electrons. The molecule has 0 aliphatic rings. The second-order valence-electron chi connectivity index (χ2n) is 6.69. The summed E-state index contributed by atoms with van der Waals surface area (Å²) in [6, 6.07) is 10.7. The summed E-state index contributed by atoms with van der Waals surface area (Å²) in [6.45, 7) is 0.603. The van der Waals surface area contributed by atoms with Crippen molar-refractivity contribution < 1.29 is 9.53 Å². The molecule has 1 aromatic carbocycles. The molecule has 0 aliphatic carbocycles. The Labute approximate surface area is 171 Å². The number of nitrogens with zero attached hydrogens (tertiary/aromatic N) is 3. The third-order valence-electron chi connectivity index (χ3n) is 4.69. The highest BCUT2D eigenvalue weighted by atomic mass is 16.5. The number of rotatable bonds is 6. The van der Waals surface area contributed by atoms with Gasteiger partial charge in [-0.3, -0.25) is 14.5 Å². The van der Waals surface area contributed by atoms with Gasteiger partial charge in [0.2, 0.25) is 0 Å². The molecule has 3 aromatic heterocycles. The van der Waals surface area contributed by atoms with Crippen LogP contribution in [0.4, 0.5) is 11.4 Å². The fourth-order valence-corrected chi connectivity index (χ4v) is 3.06. The SMILES string of the molecule is Cn1c(=O)[nH]c2ncc(-c3cccc(C(=O)OCCNc4ccncc4N)c3)cc21. The number of pyridine rings is 2. The quantitative estimate of drug-likeness (QED) is 0.332. The lowest BCUT2D eigenvalue weighted by Crippen LogP contribution is -2.14. The molecule has 0 aliphatic heterocycles. The predicted octanol–water partition coefficient (Wildman–Crippen LogP) is 2.17. The molecule has 9 heteroatoms. The lowest BCUT2D eigenvalue weighted by Gasteiger charge is -2.10. The molecule has 0 fully saturated rings. The normalized spacial score (nSPS) is 10.8. The van der Waals surface area contributed by atoms with Crippen LogP contribution in [-0.2, 0) is 11.8 Å². The van der Waals surface area contributed by atoms with Gasteiger partial charge in [0.05, 0.1) is 28.7 Å². The molecule has 4 aromatic rings. The summed E-state index contributed by atoms with van der Waals surface area (Å²) < 4.78 is 6.84. The number of fused-ring (bicyclic) bond motifs is 1. The third kappa shape index (κ3) is 3.86. The molecular formula is C21H20N6O3. The Morgan fingerprint density at radius 1 is 1.23 bits per heavy atom. The van der Waals surface area contributed by atoms with Gasteiger partial charge in [-0.05, 0) is 29.8 Å². The number of nitrogen functional groups attached to an aromatic ring is 1. The minimum Gasteiger partial charge on any atom is -0.460 e. The van der Waals surface area contributed by atoms with E-state index in [1.54, 1.807) is 49.9 Å². The highest BCUT2D eigenvalue weighted by Crippen LogP contribution is 2.23. The van der Waals surface area contributed by atoms with E-state index in [0.717, 1.165) is 16.8 Å². The van der Waals surface area contributed by atoms with Gasteiger partial charge >= 0.3 is 11.7 Å². The highest BCUT2D eigenvalue weighted by Gasteiger charge is 2.11. The van der Waals surface area contributed by atoms with Crippen LogP contribution in [0.2, 0.25) is 0 Å². The summed E-state index contributed by atoms with van der Waals surface area (Å²) in [5.41, 5.74) is 10.1. The first kappa shape index (κ1) is 19.2. The number of benzene rings is 1. The van der Waals surface area contributed by atoms with Crippen molar-refractivity contribution in [3.05, 3.63) is 71.0 Å². The van der Waals surface area contributed by atoms with Gasteiger partial charge in [-0.15, -0.1) is 0 Å². The van der Waals surface area contributed by atoms with Crippen LogP contribution in [0.25, 0.3) is 22.3 Å². The number of ether oxygens (including phenoxy) is 1. The van der Waals surface area contributed by atoms with E-state index in [1.807, 2.05) is 12.1 Å². The smallest absolute Gasteiger partial charge is 0.338 e. The van der Waals surface area contributed by atoms with Gasteiger partial charge in [-0.25, -0.2) is 14.6 Å². The summed E-state index contributed by atoms with van der Waals surface area (Å²) in [7, 11) is 1.67. The molecule has 0 atom stereocenters. The van der Waals surface area contributed by atoms with Gasteiger partial charge in [0.15, 0.2) is 5.65 Å². The molecule has 0 radical (unpaired) electrons. The largest absolute Gasteiger partial charge is 0.460 e. The first-order valence-electron chi connectivity index (χ1n) is 9.28. The molecule has 0 saturated carbocycles. The number of aromatic nitrogens is 4. The number of esters is 1. The molecule has 0 unspecified atom stereocenters. The minimum atomic E-state index is -0.426. The van der Waals surface area contributed by atoms with Crippen LogP contribution in [0.1, 0.15) is 10.4 Å². The molecule has 3 heterocycles. The number of aromatic amines is 1. The fourth-order valence-electron chi connectivity index (χ4n) is 3.06. The number of nitrogens with two attached hydrogens (primary N) is 1. The maximum atomic E-state index is 12.4. The van der Waals surface area contributed by atoms with Crippen LogP contribution < -0.4 is 16.7 Å². The van der Waals surface area contributed by atoms with Crippen molar-refractivity contribution in [3.63, 3.8) is 0 Å². The average Bonchev–Trinajstić information content (AvgIpc) is 3.05. The number of aryl methyl sites for hydroxylation is 1. The van der Waals surface area contributed by atoms with Crippen molar-refractivity contribution >= 4 is 28.5 Å². The number of hydrogen-bond acceptors (Lipinski definition) is 7. The van der Waals surface area contributed by atoms with Gasteiger partial charge in [-0.1, -0.05) is 12.1 Å². The van der Waals surface area contributed by atoms with Crippen molar-refractivity contribution in [2.24, 2.45) is 7.05 Å². The zero-order valence-corrected chi connectivity index (χ0v) is 16.3. The number of carbonyl (C=O) groups excluding carboxylic acids is 1. The Morgan fingerprint density at radius 3 is 2.93 bits per heavy atom. The summed E-state index contributed by atoms with van der Waals surface area (Å²) in [5.74, 6) is -0.426. The number of hydrogen-bond donors (Lipinski definition) is 3. The molecule has 0 bridgehead atoms. The van der Waals surface area contributed by atoms with Crippen molar-refractivity contribution in [1.29, 1.82) is 0 Å². The van der Waals surface area contributed by atoms with Crippen LogP contribution in [-0.4, -0.2) is 38.6 Å². The number of anilines is 2. The maximum Gasteiger partial charge on any atom is 0.338 e. The van der Waals surface area contributed by atoms with Crippen LogP contribution in [0.5, 0.6) is 0 Å². The number of carbonyl (C=O) groups is 1. The Bertz CT molecular complexity index is 1280. The van der Waals surface area contributed by atoms with Crippen molar-refractivity contribution in [2.75, 3.05) is 24.2 Å². The van der Waals surface area contributed by atoms with Crippen LogP contribution >= 0.6 is 0 Å². The summed E-state index contributed by atoms with van der Waals surface area (Å²) >= 11 is 0. The molecule has 4 N–H and O–H groups in total. The summed E-state index contributed by atoms with van der Waals surface area (Å²) in [6.07, 6.45) is 4.84. The zero-order chi connectivity index (χ0) is 21.1. The van der Waals surface area contributed by atoms with Gasteiger partial charge < -0.3 is 15.8 Å². The Hall–Kier alpha value is -4.14. The number of H-pyrrole nitrogens is 1. The fraction of sp³-hybridized carbons (Fsp3) is 0.143. The van der Waals surface area contributed by atoms with E-state index < -0.39 is 5.97 Å². The van der Waals surface area contributed by atoms with E-state index in [0.29, 0.717) is 29.0 Å². The lowest BCUT2D eigenvalue weighted by molar-refractivity contribution is 0.0520. The molecule has 0 spiro atoms. The van der Waals surface area contributed by atoms with Gasteiger partial charge in [-0.2, -0.15) is 0 Å². The second kappa shape index (κ2) is 8.08. The van der Waals surface area contributed by atoms with Crippen LogP contribution in [0, 0.1) is 0 Å². The Balaban J connectivity index is 1.44. The van der Waals surface area contributed by atoms with E-state index in [1.165, 1.54) is 4.57 Å². The molecule has 4 rings (SSSR count). The topological polar surface area (TPSA) is 128 Å². The first-order valence-corrected chi connectivity index (χ1v) is 9.28. The standard InChI is InChI=1S/C21H20N6O3/c1-27-18-10-15(11-25-19(18)26-21(27)29)13-3-2-4-14(9-13)20(28)30-8-7-24-17-5-6-23-12-16(17)22/h2-6,9-12H,7-8,22H2,1H3,(H,23,24)(H,25,26,29). The zero-order valence-electron chi connectivity index (χ0n) is 16.3. The van der Waals surface area contributed by atoms with Crippen molar-refractivity contribution in [3.8, 4) is 11.1 Å². The van der Waals surface area contributed by atoms with Gasteiger partial charge in [0.1, 0.15) is 6.61 Å². The van der Waals surface area contributed by atoms with Crippen molar-refractivity contribution in [2.45, 2.75) is 0 Å². The van der Waals surface area contributed by atoms with E-state index in [2.05, 4.69) is 20.3 Å². The second-order valence-corrected chi connectivity index (χ2v) is 6.69. The summed E-state index contributed by atoms with van der Waals surface area (Å²) in [4.78, 5) is 35.1. The van der Waals surface area contributed by atoms with Gasteiger partial charge in [0.25, 0.3) is 0 Å². The van der Waals surface area contributed by atoms with Crippen molar-refractivity contribution in [1.82, 2.24) is 19.5 Å². The minimum absolute atomic E-state index is 0.184. The lowest BCUT2D eigenvalue weighted by atomic mass is 10.0. The highest BCUT2D eigenvalue weighted by molar-refractivity contribution is 5.91. The van der Waals surface area contributed by atoms with Crippen LogP contribution in [0.15, 0.2) is 59.8 Å². The Kier molecular flexibility index (Phi) is 5.17. The van der Waals surface area contributed by atoms with Crippen LogP contribution in [0.3, 0.4) is 0 Å². The molecule has 0 saturated heterocycles. The number of nitrogens with one attached hydrogen (secondary N) is 2. The molecular weight excluding hydrogens is 384 g/mol. The van der Waals surface area contributed by atoms with Gasteiger partial charge in [0, 0.05) is 31.5 Å². The Morgan fingerprint density at radius 2 is 2.10 bits per heavy atom. The molecule has 30 heavy (non-hydrogen) atoms. The predicted molar refractivity (Wildman–Crippen MR) is 114 cm³/mol. The average molecular weight is 404 g/mol. The molecule has 9 nitrogen and oxygen atoms in total. The van der Waals surface area contributed by atoms with E-state index >= 15 is 0 Å². The van der Waals surface area contributed by atoms with E-state index in [9.17, 15) is 9.59 Å². The van der Waals surface area contributed by atoms with E-state index in [4.69, 9.17) is 10.5 Å².